The number of alkyl halides is 2. The molecule has 2 rings (SSSR count). The van der Waals surface area contributed by atoms with E-state index in [0.717, 1.165) is 10.7 Å². The van der Waals surface area contributed by atoms with Crippen LogP contribution in [0.2, 0.25) is 0 Å². The molecule has 94 valence electrons. The molecular formula is C10H12F2N2O2S. The van der Waals surface area contributed by atoms with E-state index in [1.165, 1.54) is 11.3 Å². The van der Waals surface area contributed by atoms with Gasteiger partial charge in [0.05, 0.1) is 6.42 Å². The zero-order chi connectivity index (χ0) is 12.5. The zero-order valence-corrected chi connectivity index (χ0v) is 10.0. The lowest BCUT2D eigenvalue weighted by Gasteiger charge is -2.08. The van der Waals surface area contributed by atoms with Gasteiger partial charge in [0.2, 0.25) is 0 Å². The van der Waals surface area contributed by atoms with Gasteiger partial charge in [0.1, 0.15) is 11.1 Å². The summed E-state index contributed by atoms with van der Waals surface area (Å²) in [6.45, 7) is 2.61. The molecule has 0 aromatic carbocycles. The number of carbonyl (C=O) groups excluding carboxylic acids is 1. The van der Waals surface area contributed by atoms with Crippen molar-refractivity contribution in [2.75, 3.05) is 6.54 Å². The molecule has 7 heteroatoms. The van der Waals surface area contributed by atoms with E-state index >= 15 is 0 Å². The number of aryl methyl sites for hydroxylation is 1. The monoisotopic (exact) mass is 262 g/mol. The van der Waals surface area contributed by atoms with E-state index in [-0.39, 0.29) is 6.54 Å². The number of hydrogen-bond acceptors (Lipinski definition) is 5. The number of thiazole rings is 1. The molecule has 1 N–H and O–H groups in total. The standard InChI is InChI=1S/C10H12F2N2O2S/c1-6-5-17-8(14-6)4-13-3-7-2-10(11,12)9(15)16-7/h5,7,13H,2-4H2,1H3. The van der Waals surface area contributed by atoms with Crippen LogP contribution in [-0.4, -0.2) is 29.5 Å². The highest BCUT2D eigenvalue weighted by Crippen LogP contribution is 2.30. The molecule has 17 heavy (non-hydrogen) atoms. The molecule has 0 amide bonds. The van der Waals surface area contributed by atoms with Crippen molar-refractivity contribution in [2.24, 2.45) is 0 Å². The fraction of sp³-hybridized carbons (Fsp3) is 0.600. The van der Waals surface area contributed by atoms with Crippen molar-refractivity contribution in [3.8, 4) is 0 Å². The second kappa shape index (κ2) is 4.66. The van der Waals surface area contributed by atoms with Gasteiger partial charge in [-0.25, -0.2) is 9.78 Å². The number of hydrogen-bond donors (Lipinski definition) is 1. The number of cyclic esters (lactones) is 1. The molecule has 2 heterocycles. The maximum Gasteiger partial charge on any atom is 0.377 e. The lowest BCUT2D eigenvalue weighted by molar-refractivity contribution is -0.159. The minimum atomic E-state index is -3.33. The number of rotatable bonds is 4. The van der Waals surface area contributed by atoms with Crippen LogP contribution in [0.4, 0.5) is 8.78 Å². The normalized spacial score (nSPS) is 22.8. The van der Waals surface area contributed by atoms with Crippen LogP contribution in [0.15, 0.2) is 5.38 Å². The molecule has 0 spiro atoms. The summed E-state index contributed by atoms with van der Waals surface area (Å²) >= 11 is 1.50. The van der Waals surface area contributed by atoms with Crippen molar-refractivity contribution < 1.29 is 18.3 Å². The molecule has 1 saturated heterocycles. The Labute approximate surface area is 101 Å². The molecule has 1 unspecified atom stereocenters. The average molecular weight is 262 g/mol. The third-order valence-corrected chi connectivity index (χ3v) is 3.34. The number of carbonyl (C=O) groups is 1. The Kier molecular flexibility index (Phi) is 3.39. The van der Waals surface area contributed by atoms with Crippen molar-refractivity contribution in [3.63, 3.8) is 0 Å². The second-order valence-electron chi connectivity index (χ2n) is 3.95. The molecule has 0 saturated carbocycles. The lowest BCUT2D eigenvalue weighted by atomic mass is 10.2. The largest absolute Gasteiger partial charge is 0.456 e. The van der Waals surface area contributed by atoms with Gasteiger partial charge < -0.3 is 10.1 Å². The SMILES string of the molecule is Cc1csc(CNCC2CC(F)(F)C(=O)O2)n1. The summed E-state index contributed by atoms with van der Waals surface area (Å²) in [5.41, 5.74) is 0.936. The molecule has 0 bridgehead atoms. The summed E-state index contributed by atoms with van der Waals surface area (Å²) in [7, 11) is 0. The predicted molar refractivity (Wildman–Crippen MR) is 58.0 cm³/mol. The topological polar surface area (TPSA) is 51.2 Å². The van der Waals surface area contributed by atoms with Crippen LogP contribution in [0.5, 0.6) is 0 Å². The van der Waals surface area contributed by atoms with E-state index in [1.807, 2.05) is 12.3 Å². The third kappa shape index (κ3) is 2.98. The number of ether oxygens (including phenoxy) is 1. The van der Waals surface area contributed by atoms with Gasteiger partial charge >= 0.3 is 11.9 Å². The number of aromatic nitrogens is 1. The molecule has 1 aliphatic rings. The van der Waals surface area contributed by atoms with Crippen molar-refractivity contribution in [2.45, 2.75) is 31.9 Å². The summed E-state index contributed by atoms with van der Waals surface area (Å²) in [4.78, 5) is 15.0. The summed E-state index contributed by atoms with van der Waals surface area (Å²) in [6.07, 6.45) is -1.30. The van der Waals surface area contributed by atoms with E-state index in [4.69, 9.17) is 0 Å². The summed E-state index contributed by atoms with van der Waals surface area (Å²) in [6, 6.07) is 0. The Morgan fingerprint density at radius 3 is 3.00 bits per heavy atom. The minimum Gasteiger partial charge on any atom is -0.456 e. The van der Waals surface area contributed by atoms with E-state index < -0.39 is 24.4 Å². The maximum atomic E-state index is 12.8. The smallest absolute Gasteiger partial charge is 0.377 e. The molecule has 1 atom stereocenters. The van der Waals surface area contributed by atoms with Crippen LogP contribution in [0.3, 0.4) is 0 Å². The molecule has 1 fully saturated rings. The molecule has 1 aromatic rings. The molecular weight excluding hydrogens is 250 g/mol. The highest BCUT2D eigenvalue weighted by molar-refractivity contribution is 7.09. The van der Waals surface area contributed by atoms with Crippen molar-refractivity contribution in [3.05, 3.63) is 16.1 Å². The fourth-order valence-corrected chi connectivity index (χ4v) is 2.33. The van der Waals surface area contributed by atoms with Crippen LogP contribution in [0.1, 0.15) is 17.1 Å². The van der Waals surface area contributed by atoms with Crippen molar-refractivity contribution >= 4 is 17.3 Å². The van der Waals surface area contributed by atoms with E-state index in [1.54, 1.807) is 0 Å². The lowest BCUT2D eigenvalue weighted by Crippen LogP contribution is -2.26. The molecule has 0 aliphatic carbocycles. The second-order valence-corrected chi connectivity index (χ2v) is 4.89. The Hall–Kier alpha value is -1.08. The van der Waals surface area contributed by atoms with E-state index in [0.29, 0.717) is 6.54 Å². The average Bonchev–Trinajstić information content (AvgIpc) is 2.73. The van der Waals surface area contributed by atoms with Gasteiger partial charge in [-0.15, -0.1) is 11.3 Å². The highest BCUT2D eigenvalue weighted by atomic mass is 32.1. The van der Waals surface area contributed by atoms with Gasteiger partial charge in [-0.3, -0.25) is 0 Å². The summed E-state index contributed by atoms with van der Waals surface area (Å²) < 4.78 is 30.2. The maximum absolute atomic E-state index is 12.8. The van der Waals surface area contributed by atoms with Gasteiger partial charge in [-0.05, 0) is 6.92 Å². The molecule has 0 radical (unpaired) electrons. The van der Waals surface area contributed by atoms with Gasteiger partial charge in [-0.1, -0.05) is 0 Å². The quantitative estimate of drug-likeness (QED) is 0.835. The first-order valence-electron chi connectivity index (χ1n) is 5.18. The summed E-state index contributed by atoms with van der Waals surface area (Å²) in [5.74, 6) is -4.75. The Balaban J connectivity index is 1.75. The molecule has 1 aliphatic heterocycles. The van der Waals surface area contributed by atoms with Crippen molar-refractivity contribution in [1.29, 1.82) is 0 Å². The minimum absolute atomic E-state index is 0.222. The van der Waals surface area contributed by atoms with Crippen LogP contribution in [0.25, 0.3) is 0 Å². The van der Waals surface area contributed by atoms with Crippen LogP contribution in [-0.2, 0) is 16.1 Å². The van der Waals surface area contributed by atoms with E-state index in [2.05, 4.69) is 15.0 Å². The van der Waals surface area contributed by atoms with Crippen LogP contribution in [0, 0.1) is 6.92 Å². The molecule has 4 nitrogen and oxygen atoms in total. The first kappa shape index (κ1) is 12.4. The Bertz CT molecular complexity index is 422. The number of halogens is 2. The van der Waals surface area contributed by atoms with Gasteiger partial charge in [-0.2, -0.15) is 8.78 Å². The van der Waals surface area contributed by atoms with Gasteiger partial charge in [0.15, 0.2) is 0 Å². The van der Waals surface area contributed by atoms with Gasteiger partial charge in [0.25, 0.3) is 0 Å². The third-order valence-electron chi connectivity index (χ3n) is 2.37. The zero-order valence-electron chi connectivity index (χ0n) is 9.20. The Morgan fingerprint density at radius 2 is 2.47 bits per heavy atom. The number of nitrogens with zero attached hydrogens (tertiary/aromatic N) is 1. The first-order chi connectivity index (χ1) is 7.97. The van der Waals surface area contributed by atoms with Gasteiger partial charge in [0, 0.05) is 24.2 Å². The highest BCUT2D eigenvalue weighted by Gasteiger charge is 2.50. The number of esters is 1. The van der Waals surface area contributed by atoms with Crippen molar-refractivity contribution in [1.82, 2.24) is 10.3 Å². The predicted octanol–water partition coefficient (Wildman–Crippen LogP) is 1.49. The van der Waals surface area contributed by atoms with E-state index in [9.17, 15) is 13.6 Å². The van der Waals surface area contributed by atoms with Crippen LogP contribution >= 0.6 is 11.3 Å². The van der Waals surface area contributed by atoms with Crippen LogP contribution < -0.4 is 5.32 Å². The first-order valence-corrected chi connectivity index (χ1v) is 6.06. The Morgan fingerprint density at radius 1 is 1.71 bits per heavy atom. The molecule has 1 aromatic heterocycles. The number of nitrogens with one attached hydrogen (secondary N) is 1. The summed E-state index contributed by atoms with van der Waals surface area (Å²) in [5, 5.41) is 5.76. The fourth-order valence-electron chi connectivity index (χ4n) is 1.59.